The van der Waals surface area contributed by atoms with E-state index < -0.39 is 0 Å². The Kier molecular flexibility index (Phi) is 4.43. The number of aryl methyl sites for hydroxylation is 2. The molecule has 1 aromatic heterocycles. The van der Waals surface area contributed by atoms with Crippen molar-refractivity contribution in [1.29, 1.82) is 0 Å². The first kappa shape index (κ1) is 16.1. The molecular formula is C17H24N2O4. The van der Waals surface area contributed by atoms with Crippen molar-refractivity contribution in [1.82, 2.24) is 9.80 Å². The molecule has 23 heavy (non-hydrogen) atoms. The molecule has 6 nitrogen and oxygen atoms in total. The quantitative estimate of drug-likeness (QED) is 0.788. The Morgan fingerprint density at radius 3 is 2.61 bits per heavy atom. The van der Waals surface area contributed by atoms with E-state index in [2.05, 4.69) is 0 Å². The second kappa shape index (κ2) is 6.35. The molecule has 2 amide bonds. The molecule has 0 unspecified atom stereocenters. The van der Waals surface area contributed by atoms with E-state index in [4.69, 9.17) is 9.15 Å². The number of carbonyl (C=O) groups excluding carboxylic acids is 2. The molecule has 3 rings (SSSR count). The summed E-state index contributed by atoms with van der Waals surface area (Å²) < 4.78 is 11.4. The van der Waals surface area contributed by atoms with E-state index >= 15 is 0 Å². The Bertz CT molecular complexity index is 610. The maximum atomic E-state index is 12.7. The lowest BCUT2D eigenvalue weighted by atomic mass is 9.93. The summed E-state index contributed by atoms with van der Waals surface area (Å²) in [5.74, 6) is 1.83. The number of fused-ring (bicyclic) bond motifs is 1. The van der Waals surface area contributed by atoms with Crippen LogP contribution in [0.5, 0.6) is 0 Å². The summed E-state index contributed by atoms with van der Waals surface area (Å²) in [6.45, 7) is 8.44. The lowest BCUT2D eigenvalue weighted by Gasteiger charge is -2.37. The van der Waals surface area contributed by atoms with Crippen LogP contribution in [0.15, 0.2) is 10.5 Å². The first-order valence-electron chi connectivity index (χ1n) is 8.19. The average molecular weight is 320 g/mol. The lowest BCUT2D eigenvalue weighted by Crippen LogP contribution is -2.49. The van der Waals surface area contributed by atoms with Crippen LogP contribution in [0.1, 0.15) is 35.2 Å². The van der Waals surface area contributed by atoms with Crippen LogP contribution in [0, 0.1) is 19.8 Å². The predicted octanol–water partition coefficient (Wildman–Crippen LogP) is 1.61. The first-order valence-corrected chi connectivity index (χ1v) is 8.19. The smallest absolute Gasteiger partial charge is 0.257 e. The Balaban J connectivity index is 1.69. The van der Waals surface area contributed by atoms with Crippen molar-refractivity contribution in [3.05, 3.63) is 23.2 Å². The number of likely N-dealkylation sites (tertiary alicyclic amines) is 1. The summed E-state index contributed by atoms with van der Waals surface area (Å²) in [7, 11) is 0. The molecule has 6 heteroatoms. The summed E-state index contributed by atoms with van der Waals surface area (Å²) in [5.41, 5.74) is 0.639. The molecule has 0 spiro atoms. The van der Waals surface area contributed by atoms with Crippen LogP contribution >= 0.6 is 0 Å². The molecule has 2 aliphatic heterocycles. The van der Waals surface area contributed by atoms with Gasteiger partial charge in [-0.1, -0.05) is 0 Å². The number of furan rings is 1. The van der Waals surface area contributed by atoms with Crippen LogP contribution in [0.2, 0.25) is 0 Å². The van der Waals surface area contributed by atoms with E-state index in [1.165, 1.54) is 0 Å². The Morgan fingerprint density at radius 2 is 1.96 bits per heavy atom. The lowest BCUT2D eigenvalue weighted by molar-refractivity contribution is -0.129. The van der Waals surface area contributed by atoms with Gasteiger partial charge in [0.1, 0.15) is 11.5 Å². The minimum atomic E-state index is 0.00496. The zero-order chi connectivity index (χ0) is 16.6. The minimum Gasteiger partial charge on any atom is -0.466 e. The highest BCUT2D eigenvalue weighted by Crippen LogP contribution is 2.26. The van der Waals surface area contributed by atoms with Crippen molar-refractivity contribution in [2.75, 3.05) is 32.8 Å². The number of nitrogens with zero attached hydrogens (tertiary/aromatic N) is 2. The first-order chi connectivity index (χ1) is 11.0. The van der Waals surface area contributed by atoms with Crippen molar-refractivity contribution in [2.24, 2.45) is 5.92 Å². The van der Waals surface area contributed by atoms with Gasteiger partial charge < -0.3 is 19.0 Å². The molecule has 126 valence electrons. The zero-order valence-electron chi connectivity index (χ0n) is 14.0. The number of ether oxygens (including phenoxy) is 1. The molecule has 2 saturated heterocycles. The highest BCUT2D eigenvalue weighted by Gasteiger charge is 2.36. The molecule has 0 aromatic carbocycles. The van der Waals surface area contributed by atoms with Crippen molar-refractivity contribution >= 4 is 11.8 Å². The zero-order valence-corrected chi connectivity index (χ0v) is 14.0. The third-order valence-electron chi connectivity index (χ3n) is 4.85. The van der Waals surface area contributed by atoms with Crippen molar-refractivity contribution in [3.8, 4) is 0 Å². The van der Waals surface area contributed by atoms with Gasteiger partial charge in [0.05, 0.1) is 18.3 Å². The van der Waals surface area contributed by atoms with Gasteiger partial charge in [0.2, 0.25) is 5.91 Å². The normalized spacial score (nSPS) is 25.0. The van der Waals surface area contributed by atoms with Crippen LogP contribution < -0.4 is 0 Å². The third-order valence-corrected chi connectivity index (χ3v) is 4.85. The van der Waals surface area contributed by atoms with Gasteiger partial charge in [-0.3, -0.25) is 9.59 Å². The Labute approximate surface area is 136 Å². The molecular weight excluding hydrogens is 296 g/mol. The Hall–Kier alpha value is -1.82. The van der Waals surface area contributed by atoms with Crippen LogP contribution in [-0.2, 0) is 9.53 Å². The number of rotatable bonds is 1. The highest BCUT2D eigenvalue weighted by molar-refractivity contribution is 5.95. The maximum absolute atomic E-state index is 12.7. The van der Waals surface area contributed by atoms with E-state index in [1.807, 2.05) is 23.6 Å². The molecule has 0 N–H and O–H groups in total. The van der Waals surface area contributed by atoms with Gasteiger partial charge in [0.15, 0.2) is 0 Å². The molecule has 2 atom stereocenters. The standard InChI is InChI=1S/C17H24N2O4/c1-11-8-15(12(2)23-11)17(21)19-5-4-14-9-18(13(3)20)6-7-22-16(14)10-19/h8,14,16H,4-7,9-10H2,1-3H3/t14-,16-/m0/s1. The van der Waals surface area contributed by atoms with E-state index in [0.29, 0.717) is 43.5 Å². The second-order valence-electron chi connectivity index (χ2n) is 6.50. The maximum Gasteiger partial charge on any atom is 0.257 e. The number of carbonyl (C=O) groups is 2. The third kappa shape index (κ3) is 3.27. The molecule has 0 bridgehead atoms. The molecule has 1 aromatic rings. The van der Waals surface area contributed by atoms with Gasteiger partial charge in [-0.2, -0.15) is 0 Å². The van der Waals surface area contributed by atoms with E-state index in [0.717, 1.165) is 18.7 Å². The fourth-order valence-electron chi connectivity index (χ4n) is 3.54. The van der Waals surface area contributed by atoms with Crippen LogP contribution in [-0.4, -0.2) is 60.5 Å². The average Bonchev–Trinajstić information content (AvgIpc) is 2.73. The summed E-state index contributed by atoms with van der Waals surface area (Å²) in [6, 6.07) is 1.80. The minimum absolute atomic E-state index is 0.00496. The number of hydrogen-bond acceptors (Lipinski definition) is 4. The van der Waals surface area contributed by atoms with Crippen LogP contribution in [0.4, 0.5) is 0 Å². The van der Waals surface area contributed by atoms with Crippen LogP contribution in [0.3, 0.4) is 0 Å². The topological polar surface area (TPSA) is 63.0 Å². The molecule has 3 heterocycles. The summed E-state index contributed by atoms with van der Waals surface area (Å²) in [4.78, 5) is 28.0. The molecule has 0 aliphatic carbocycles. The van der Waals surface area contributed by atoms with Gasteiger partial charge >= 0.3 is 0 Å². The van der Waals surface area contributed by atoms with E-state index in [1.54, 1.807) is 13.0 Å². The number of piperidine rings is 1. The molecule has 2 aliphatic rings. The molecule has 0 saturated carbocycles. The van der Waals surface area contributed by atoms with Crippen molar-refractivity contribution < 1.29 is 18.7 Å². The predicted molar refractivity (Wildman–Crippen MR) is 84.2 cm³/mol. The fraction of sp³-hybridized carbons (Fsp3) is 0.647. The summed E-state index contributed by atoms with van der Waals surface area (Å²) in [5, 5.41) is 0. The van der Waals surface area contributed by atoms with Crippen LogP contribution in [0.25, 0.3) is 0 Å². The van der Waals surface area contributed by atoms with Crippen molar-refractivity contribution in [2.45, 2.75) is 33.3 Å². The van der Waals surface area contributed by atoms with Gasteiger partial charge in [0, 0.05) is 39.0 Å². The largest absolute Gasteiger partial charge is 0.466 e. The van der Waals surface area contributed by atoms with Gasteiger partial charge in [-0.25, -0.2) is 0 Å². The van der Waals surface area contributed by atoms with Gasteiger partial charge in [-0.15, -0.1) is 0 Å². The molecule has 2 fully saturated rings. The highest BCUT2D eigenvalue weighted by atomic mass is 16.5. The SMILES string of the molecule is CC(=O)N1CCO[C@H]2CN(C(=O)c3cc(C)oc3C)CC[C@H]2C1. The summed E-state index contributed by atoms with van der Waals surface area (Å²) in [6.07, 6.45) is 0.862. The molecule has 0 radical (unpaired) electrons. The second-order valence-corrected chi connectivity index (χ2v) is 6.50. The number of hydrogen-bond donors (Lipinski definition) is 0. The number of amides is 2. The van der Waals surface area contributed by atoms with E-state index in [-0.39, 0.29) is 17.9 Å². The van der Waals surface area contributed by atoms with Gasteiger partial charge in [-0.05, 0) is 26.3 Å². The van der Waals surface area contributed by atoms with Gasteiger partial charge in [0.25, 0.3) is 5.91 Å². The monoisotopic (exact) mass is 320 g/mol. The summed E-state index contributed by atoms with van der Waals surface area (Å²) >= 11 is 0. The fourth-order valence-corrected chi connectivity index (χ4v) is 3.54. The Morgan fingerprint density at radius 1 is 1.17 bits per heavy atom. The van der Waals surface area contributed by atoms with Crippen molar-refractivity contribution in [3.63, 3.8) is 0 Å². The van der Waals surface area contributed by atoms with E-state index in [9.17, 15) is 9.59 Å².